The van der Waals surface area contributed by atoms with Crippen molar-refractivity contribution in [1.29, 1.82) is 0 Å². The SMILES string of the molecule is CONO[I-]OC. The Balaban J connectivity index is 2.45. The van der Waals surface area contributed by atoms with E-state index in [0.29, 0.717) is 0 Å². The van der Waals surface area contributed by atoms with Gasteiger partial charge in [0.25, 0.3) is 0 Å². The monoisotopic (exact) mass is 220 g/mol. The van der Waals surface area contributed by atoms with Crippen LogP contribution in [0.2, 0.25) is 0 Å². The molecular weight excluding hydrogens is 213 g/mol. The Bertz CT molecular complexity index is 32.1. The topological polar surface area (TPSA) is 39.7 Å². The fourth-order valence-electron chi connectivity index (χ4n) is 0.0759. The quantitative estimate of drug-likeness (QED) is 0.305. The van der Waals surface area contributed by atoms with Crippen LogP contribution in [0.5, 0.6) is 0 Å². The van der Waals surface area contributed by atoms with Crippen LogP contribution >= 0.6 is 0 Å². The van der Waals surface area contributed by atoms with Crippen molar-refractivity contribution in [3.05, 3.63) is 0 Å². The Hall–Kier alpha value is 0.570. The zero-order valence-electron chi connectivity index (χ0n) is 4.10. The summed E-state index contributed by atoms with van der Waals surface area (Å²) in [5.41, 5.74) is 2.17. The van der Waals surface area contributed by atoms with Gasteiger partial charge in [0.1, 0.15) is 0 Å². The van der Waals surface area contributed by atoms with Crippen molar-refractivity contribution < 1.29 is 33.1 Å². The van der Waals surface area contributed by atoms with Gasteiger partial charge >= 0.3 is 53.0 Å². The third kappa shape index (κ3) is 6.57. The second kappa shape index (κ2) is 6.57. The average molecular weight is 220 g/mol. The molecule has 0 bridgehead atoms. The van der Waals surface area contributed by atoms with E-state index in [-0.39, 0.29) is 0 Å². The van der Waals surface area contributed by atoms with Crippen LogP contribution < -0.4 is 27.7 Å². The van der Waals surface area contributed by atoms with Crippen molar-refractivity contribution in [2.75, 3.05) is 14.2 Å². The van der Waals surface area contributed by atoms with E-state index >= 15 is 0 Å². The molecule has 0 aliphatic carbocycles. The molecule has 0 radical (unpaired) electrons. The number of hydrogen-bond acceptors (Lipinski definition) is 4. The molecule has 0 heterocycles. The molecule has 0 unspecified atom stereocenters. The molecule has 0 aliphatic heterocycles. The molecule has 0 spiro atoms. The number of rotatable bonds is 4. The molecule has 4 nitrogen and oxygen atoms in total. The molecule has 0 aromatic heterocycles. The first kappa shape index (κ1) is 7.57. The van der Waals surface area contributed by atoms with Crippen LogP contribution in [0.4, 0.5) is 0 Å². The fourth-order valence-corrected chi connectivity index (χ4v) is 0.509. The van der Waals surface area contributed by atoms with E-state index in [0.717, 1.165) is 0 Å². The first-order valence-electron chi connectivity index (χ1n) is 1.53. The predicted octanol–water partition coefficient (Wildman–Crippen LogP) is -3.37. The molecule has 0 saturated heterocycles. The van der Waals surface area contributed by atoms with Gasteiger partial charge in [-0.15, -0.1) is 0 Å². The molecule has 0 atom stereocenters. The molecule has 5 heteroatoms. The fraction of sp³-hybridized carbons (Fsp3) is 1.00. The summed E-state index contributed by atoms with van der Waals surface area (Å²) in [7, 11) is 3.05. The second-order valence-corrected chi connectivity index (χ2v) is 2.26. The van der Waals surface area contributed by atoms with Gasteiger partial charge in [-0.25, -0.2) is 0 Å². The first-order chi connectivity index (χ1) is 3.41. The summed E-state index contributed by atoms with van der Waals surface area (Å²) in [6.07, 6.45) is 0. The van der Waals surface area contributed by atoms with E-state index in [4.69, 9.17) is 0 Å². The summed E-state index contributed by atoms with van der Waals surface area (Å²) in [4.78, 5) is 4.32. The molecule has 0 saturated carbocycles. The third-order valence-electron chi connectivity index (χ3n) is 0.209. The van der Waals surface area contributed by atoms with Crippen LogP contribution in [0.1, 0.15) is 0 Å². The molecule has 0 aliphatic rings. The standard InChI is InChI=1S/C2H7INO3/c1-5-3-7-4-6-2/h4H,1-2H3/q-1. The predicted molar refractivity (Wildman–Crippen MR) is 18.2 cm³/mol. The van der Waals surface area contributed by atoms with Crippen molar-refractivity contribution in [1.82, 2.24) is 5.64 Å². The van der Waals surface area contributed by atoms with Gasteiger partial charge in [0, 0.05) is 0 Å². The van der Waals surface area contributed by atoms with Gasteiger partial charge in [0.05, 0.1) is 0 Å². The summed E-state index contributed by atoms with van der Waals surface area (Å²) in [6, 6.07) is 0. The van der Waals surface area contributed by atoms with Crippen LogP contribution in [0.15, 0.2) is 0 Å². The van der Waals surface area contributed by atoms with Gasteiger partial charge in [-0.2, -0.15) is 0 Å². The van der Waals surface area contributed by atoms with Crippen LogP contribution in [-0.4, -0.2) is 14.2 Å². The van der Waals surface area contributed by atoms with Gasteiger partial charge in [0.15, 0.2) is 0 Å². The molecule has 0 rings (SSSR count). The average Bonchev–Trinajstić information content (AvgIpc) is 1.69. The summed E-state index contributed by atoms with van der Waals surface area (Å²) in [5, 5.41) is 0. The van der Waals surface area contributed by atoms with Crippen LogP contribution in [-0.2, 0) is 11.1 Å². The summed E-state index contributed by atoms with van der Waals surface area (Å²) >= 11 is -0.615. The van der Waals surface area contributed by atoms with Gasteiger partial charge in [-0.1, -0.05) is 0 Å². The molecule has 7 heavy (non-hydrogen) atoms. The van der Waals surface area contributed by atoms with Crippen LogP contribution in [0.25, 0.3) is 0 Å². The van der Waals surface area contributed by atoms with Crippen LogP contribution in [0, 0.1) is 0 Å². The van der Waals surface area contributed by atoms with Crippen molar-refractivity contribution in [2.24, 2.45) is 0 Å². The Morgan fingerprint density at radius 3 is 2.57 bits per heavy atom. The van der Waals surface area contributed by atoms with Crippen LogP contribution in [0.3, 0.4) is 0 Å². The van der Waals surface area contributed by atoms with Gasteiger partial charge in [0.2, 0.25) is 0 Å². The number of hydrogen-bond donors (Lipinski definition) is 1. The summed E-state index contributed by atoms with van der Waals surface area (Å²) in [6.45, 7) is 0. The van der Waals surface area contributed by atoms with E-state index in [9.17, 15) is 0 Å². The molecular formula is C2H7INO3-. The van der Waals surface area contributed by atoms with Crippen molar-refractivity contribution in [2.45, 2.75) is 0 Å². The Morgan fingerprint density at radius 2 is 2.14 bits per heavy atom. The molecule has 0 fully saturated rings. The van der Waals surface area contributed by atoms with E-state index in [1.54, 1.807) is 7.11 Å². The van der Waals surface area contributed by atoms with E-state index in [2.05, 4.69) is 16.7 Å². The Morgan fingerprint density at radius 1 is 1.43 bits per heavy atom. The maximum absolute atomic E-state index is 4.59. The minimum atomic E-state index is -0.615. The zero-order valence-corrected chi connectivity index (χ0v) is 6.26. The molecule has 0 amide bonds. The van der Waals surface area contributed by atoms with E-state index < -0.39 is 22.0 Å². The summed E-state index contributed by atoms with van der Waals surface area (Å²) < 4.78 is 9.14. The Kier molecular flexibility index (Phi) is 7.10. The minimum absolute atomic E-state index is 0.615. The van der Waals surface area contributed by atoms with Gasteiger partial charge in [-0.3, -0.25) is 0 Å². The van der Waals surface area contributed by atoms with Crippen molar-refractivity contribution >= 4 is 0 Å². The maximum atomic E-state index is 4.59. The molecule has 0 aromatic rings. The second-order valence-electron chi connectivity index (χ2n) is 0.582. The van der Waals surface area contributed by atoms with E-state index in [1.807, 2.05) is 0 Å². The normalized spacial score (nSPS) is 10.0. The first-order valence-corrected chi connectivity index (χ1v) is 3.29. The molecule has 1 N–H and O–H groups in total. The van der Waals surface area contributed by atoms with E-state index in [1.165, 1.54) is 7.11 Å². The third-order valence-corrected chi connectivity index (χ3v) is 0.928. The van der Waals surface area contributed by atoms with Gasteiger partial charge in [-0.05, 0) is 0 Å². The summed E-state index contributed by atoms with van der Waals surface area (Å²) in [5.74, 6) is 0. The zero-order chi connectivity index (χ0) is 5.54. The van der Waals surface area contributed by atoms with Crippen molar-refractivity contribution in [3.63, 3.8) is 0 Å². The van der Waals surface area contributed by atoms with Gasteiger partial charge < -0.3 is 0 Å². The number of halogens is 1. The molecule has 46 valence electrons. The Labute approximate surface area is 53.4 Å². The van der Waals surface area contributed by atoms with Crippen molar-refractivity contribution in [3.8, 4) is 0 Å². The molecule has 0 aromatic carbocycles. The number of nitrogens with one attached hydrogen (secondary N) is 1.